The predicted molar refractivity (Wildman–Crippen MR) is 402 cm³/mol. The molecule has 0 bridgehead atoms. The number of halogens is 18. The number of amides is 3. The molecular weight excluding hydrogens is 1920 g/mol. The first-order chi connectivity index (χ1) is 53.6. The molecule has 6 aromatic carbocycles. The number of hydrogen-bond acceptors (Lipinski definition) is 21. The molecule has 0 radical (unpaired) electrons. The number of phenolic OH excluding ortho intramolecular Hbond substituents is 1. The number of ether oxygens (including phenoxy) is 2. The molecule has 0 saturated carbocycles. The Morgan fingerprint density at radius 3 is 1.19 bits per heavy atom. The summed E-state index contributed by atoms with van der Waals surface area (Å²) in [5.74, 6) is -3.75. The minimum atomic E-state index is -4.90. The number of carbonyl (C=O) groups excluding carboxylic acids is 4. The third-order valence-corrected chi connectivity index (χ3v) is 17.8. The standard InChI is InChI=1S/C18H14F4N2O5S.C12H10BrF3N2O2.C12H9F3N2O2.C8H5F3N2.C6H5FO4S.C6H15N.C4H7BrO3.CH2O3.Cl2OS.2K.H/c1-17(26,10-29-12-4-6-13(7-5-12)30(22,27)28)16(25)24-11-3-8-15(23-2)14(9-11)18(19,20)21;1-11(20,6-13)10(19)18-7-3-4-9(17-2)8(5-7)12(14,15)16;1-11(6-19-11)10(18)17-7-3-4-9(16-2)8(5-7)12(13,14)15;1-13-7-3-2-5(12)4-6(7)8(9,10)11;7-11-12(9,10)6-3-1-5(8)2-4-6;1-4-7(5-2)6-3;1-4(8,2-5)3(6)7;2-1-4-3;1-4(2)3;;;/h3-9,26H,10H2,1H3,(H,24,25);3-5,20H,6H2,1H3,(H,18,19);3-5H,6H2,1H3,(H,17,18);2-4H,12H2;1-4,8H;4-6H2,1-3H3;8H,2H2,1H3,(H,6,7);1,3H;;;;/q;;;;;;;;;2*+1;-1/p-1/t17-;2*11-;;;;4-;;;;;/m000...0...../s1. The summed E-state index contributed by atoms with van der Waals surface area (Å²) in [5.41, 5.74) is -8.36. The van der Waals surface area contributed by atoms with Gasteiger partial charge < -0.3 is 73.2 Å². The van der Waals surface area contributed by atoms with E-state index >= 15 is 0 Å². The maximum absolute atomic E-state index is 13.0. The van der Waals surface area contributed by atoms with E-state index in [1.807, 2.05) is 0 Å². The molecule has 6 aromatic rings. The van der Waals surface area contributed by atoms with Crippen LogP contribution in [0.4, 0.5) is 107 Å². The first kappa shape index (κ1) is 119. The van der Waals surface area contributed by atoms with Crippen molar-refractivity contribution in [2.24, 2.45) is 0 Å². The van der Waals surface area contributed by atoms with Crippen LogP contribution in [0.2, 0.25) is 0 Å². The number of epoxide rings is 1. The number of carbonyl (C=O) groups is 5. The number of nitrogen functional groups attached to an aromatic ring is 1. The third kappa shape index (κ3) is 45.0. The van der Waals surface area contributed by atoms with Crippen LogP contribution in [0.25, 0.3) is 19.4 Å². The summed E-state index contributed by atoms with van der Waals surface area (Å²) in [6, 6.07) is 19.8. The number of aliphatic carboxylic acids is 1. The Balaban J connectivity index is -0.000000438. The second-order valence-electron chi connectivity index (χ2n) is 22.9. The Labute approximate surface area is 785 Å². The molecule has 0 unspecified atom stereocenters. The molecule has 119 heavy (non-hydrogen) atoms. The molecule has 10 N–H and O–H groups in total. The van der Waals surface area contributed by atoms with Gasteiger partial charge in [-0.15, -0.1) is 3.89 Å². The summed E-state index contributed by atoms with van der Waals surface area (Å²) in [7, 11) is -1.83. The minimum Gasteiger partial charge on any atom is -1.00 e. The van der Waals surface area contributed by atoms with Gasteiger partial charge >= 0.3 is 154 Å². The van der Waals surface area contributed by atoms with E-state index in [4.69, 9.17) is 71.1 Å². The van der Waals surface area contributed by atoms with Gasteiger partial charge in [0.05, 0.1) is 64.9 Å². The minimum absolute atomic E-state index is 0. The van der Waals surface area contributed by atoms with Gasteiger partial charge in [0, 0.05) is 54.8 Å². The topological polar surface area (TPSA) is 418 Å². The van der Waals surface area contributed by atoms with Gasteiger partial charge in [-0.05, 0) is 149 Å². The molecule has 1 fully saturated rings. The van der Waals surface area contributed by atoms with Crippen molar-refractivity contribution in [3.8, 4) is 11.5 Å². The van der Waals surface area contributed by atoms with E-state index in [1.165, 1.54) is 51.7 Å². The molecule has 0 spiro atoms. The van der Waals surface area contributed by atoms with Gasteiger partial charge in [0.2, 0.25) is 9.23 Å². The van der Waals surface area contributed by atoms with Crippen molar-refractivity contribution in [1.29, 1.82) is 0 Å². The summed E-state index contributed by atoms with van der Waals surface area (Å²) < 4.78 is 241. The van der Waals surface area contributed by atoms with Crippen molar-refractivity contribution in [2.45, 2.75) is 105 Å². The Morgan fingerprint density at radius 2 is 0.933 bits per heavy atom. The van der Waals surface area contributed by atoms with Crippen molar-refractivity contribution in [3.05, 3.63) is 189 Å². The van der Waals surface area contributed by atoms with Crippen LogP contribution in [0, 0.1) is 26.3 Å². The van der Waals surface area contributed by atoms with Crippen LogP contribution in [0.1, 0.15) is 72.1 Å². The molecule has 0 aromatic heterocycles. The van der Waals surface area contributed by atoms with Crippen LogP contribution in [0.15, 0.2) is 131 Å². The van der Waals surface area contributed by atoms with E-state index in [0.29, 0.717) is 12.1 Å². The van der Waals surface area contributed by atoms with Crippen molar-refractivity contribution in [2.75, 3.05) is 65.2 Å². The fourth-order valence-electron chi connectivity index (χ4n) is 7.15. The quantitative estimate of drug-likeness (QED) is 0.00349. The number of benzene rings is 6. The molecule has 4 atom stereocenters. The van der Waals surface area contributed by atoms with Crippen molar-refractivity contribution in [3.63, 3.8) is 0 Å². The number of carboxylic acid groups (broad SMARTS) is 1. The number of nitrogens with two attached hydrogens (primary N) is 1. The van der Waals surface area contributed by atoms with Gasteiger partial charge in [0.25, 0.3) is 24.2 Å². The number of nitrogens with zero attached hydrogens (tertiary/aromatic N) is 5. The molecule has 7 rings (SSSR count). The fraction of sp³-hybridized carbons (Fsp3) is 0.328. The number of aliphatic hydroxyl groups is 3. The average Bonchev–Trinajstić information content (AvgIpc) is 1.17. The molecule has 52 heteroatoms. The van der Waals surface area contributed by atoms with Crippen molar-refractivity contribution < 1.29 is 260 Å². The maximum atomic E-state index is 13.0. The normalized spacial score (nSPS) is 13.9. The molecular formula is C67H67Br2Cl2F14K2N9O20S3. The second-order valence-corrected chi connectivity index (χ2v) is 29.4. The Kier molecular flexibility index (Phi) is 54.3. The largest absolute Gasteiger partial charge is 1.00 e. The zero-order chi connectivity index (χ0) is 91.3. The first-order valence-corrected chi connectivity index (χ1v) is 38.9. The zero-order valence-corrected chi connectivity index (χ0v) is 76.2. The van der Waals surface area contributed by atoms with E-state index in [9.17, 15) is 107 Å². The SMILES string of the molecule is CCN(CC)CC.C[C@](O)(CBr)C(=O)O.O=CO[O-].O=S(=O)(OF)c1ccc(O)cc1.O=S(Cl)Cl.[C-]#[N+]c1ccc(N)cc1C(F)(F)F.[C-]#[N+]c1ccc(NC(=O)[C@@](C)(O)CBr)cc1C(F)(F)F.[C-]#[N+]c1ccc(NC(=O)[C@@](C)(O)COc2ccc(S(=O)(=O)F)cc2)cc1C(F)(F)F.[C-]#[N+]c1ccc(NC(=O)[C@]2(C)CO2)cc1C(F)(F)F.[H-].[K+].[K+]. The van der Waals surface area contributed by atoms with Crippen molar-refractivity contribution >= 4 is 158 Å². The van der Waals surface area contributed by atoms with Gasteiger partial charge in [-0.25, -0.2) is 28.4 Å². The molecule has 1 aliphatic rings. The van der Waals surface area contributed by atoms with Crippen LogP contribution in [0.5, 0.6) is 11.5 Å². The Morgan fingerprint density at radius 1 is 0.622 bits per heavy atom. The fourth-order valence-corrected chi connectivity index (χ4v) is 8.65. The van der Waals surface area contributed by atoms with Gasteiger partial charge in [-0.3, -0.25) is 19.2 Å². The summed E-state index contributed by atoms with van der Waals surface area (Å²) in [5, 5.41) is 60.6. The smallest absolute Gasteiger partial charge is 1.00 e. The number of rotatable bonds is 19. The molecule has 1 saturated heterocycles. The molecule has 1 heterocycles. The van der Waals surface area contributed by atoms with Crippen LogP contribution >= 0.6 is 53.2 Å². The first-order valence-electron chi connectivity index (χ1n) is 31.0. The Hall–Kier alpha value is -6.37. The molecule has 3 amide bonds. The van der Waals surface area contributed by atoms with E-state index in [-0.39, 0.29) is 167 Å². The van der Waals surface area contributed by atoms with Gasteiger partial charge in [-0.2, -0.15) is 69.5 Å². The summed E-state index contributed by atoms with van der Waals surface area (Å²) in [4.78, 5) is 69.3. The molecule has 1 aliphatic heterocycles. The second kappa shape index (κ2) is 54.3. The van der Waals surface area contributed by atoms with E-state index in [1.54, 1.807) is 6.92 Å². The Bertz CT molecular complexity index is 4750. The van der Waals surface area contributed by atoms with Crippen LogP contribution < -0.4 is 134 Å². The molecule has 29 nitrogen and oxygen atoms in total. The predicted octanol–water partition coefficient (Wildman–Crippen LogP) is 8.99. The molecule has 646 valence electrons. The number of carboxylic acids is 1. The van der Waals surface area contributed by atoms with Crippen LogP contribution in [0.3, 0.4) is 0 Å². The number of nitrogens with one attached hydrogen (secondary N) is 3. The van der Waals surface area contributed by atoms with E-state index < -0.39 is 157 Å². The van der Waals surface area contributed by atoms with Crippen molar-refractivity contribution in [1.82, 2.24) is 4.90 Å². The summed E-state index contributed by atoms with van der Waals surface area (Å²) in [6.45, 7) is 41.3. The van der Waals surface area contributed by atoms with E-state index in [0.717, 1.165) is 97.9 Å². The van der Waals surface area contributed by atoms with E-state index in [2.05, 4.69) is 124 Å². The number of hydrogen-bond donors (Lipinski definition) is 9. The van der Waals surface area contributed by atoms with Gasteiger partial charge in [-0.1, -0.05) is 81.3 Å². The number of phenols is 1. The third-order valence-electron chi connectivity index (χ3n) is 13.7. The summed E-state index contributed by atoms with van der Waals surface area (Å²) in [6.07, 6.45) is -18.7. The van der Waals surface area contributed by atoms with Crippen LogP contribution in [-0.2, 0) is 92.3 Å². The number of anilines is 4. The number of aromatic hydroxyl groups is 1. The average molecular weight is 1990 g/mol. The maximum Gasteiger partial charge on any atom is 1.00 e. The molecule has 0 aliphatic carbocycles. The monoisotopic (exact) mass is 1990 g/mol. The van der Waals surface area contributed by atoms with Gasteiger partial charge in [0.15, 0.2) is 39.6 Å². The van der Waals surface area contributed by atoms with Crippen LogP contribution in [-0.4, -0.2) is 148 Å². The summed E-state index contributed by atoms with van der Waals surface area (Å²) >= 11 is 5.76. The number of alkyl halides is 14. The zero-order valence-electron chi connectivity index (χ0n) is 63.8. The van der Waals surface area contributed by atoms with Gasteiger partial charge in [0.1, 0.15) is 23.7 Å².